The van der Waals surface area contributed by atoms with Crippen molar-refractivity contribution in [3.63, 3.8) is 0 Å². The van der Waals surface area contributed by atoms with Gasteiger partial charge >= 0.3 is 0 Å². The van der Waals surface area contributed by atoms with Crippen LogP contribution in [0, 0.1) is 0 Å². The van der Waals surface area contributed by atoms with Crippen molar-refractivity contribution in [3.8, 4) is 5.75 Å². The number of benzene rings is 1. The summed E-state index contributed by atoms with van der Waals surface area (Å²) in [5.74, 6) is 0.990. The molecule has 0 aliphatic rings. The largest absolute Gasteiger partial charge is 0.484 e. The van der Waals surface area contributed by atoms with Gasteiger partial charge in [-0.25, -0.2) is 0 Å². The lowest BCUT2D eigenvalue weighted by Crippen LogP contribution is -2.20. The lowest BCUT2D eigenvalue weighted by Gasteiger charge is -2.06. The molecule has 2 aromatic rings. The average Bonchev–Trinajstić information content (AvgIpc) is 2.93. The second kappa shape index (κ2) is 6.75. The molecule has 5 heteroatoms. The number of carbonyl (C=O) groups excluding carboxylic acids is 1. The van der Waals surface area contributed by atoms with Crippen LogP contribution in [0.25, 0.3) is 0 Å². The van der Waals surface area contributed by atoms with Gasteiger partial charge in [0.1, 0.15) is 5.75 Å². The summed E-state index contributed by atoms with van der Waals surface area (Å²) >= 11 is 0. The highest BCUT2D eigenvalue weighted by molar-refractivity contribution is 5.90. The fourth-order valence-corrected chi connectivity index (χ4v) is 1.76. The van der Waals surface area contributed by atoms with Crippen molar-refractivity contribution in [1.29, 1.82) is 0 Å². The fraction of sp³-hybridized carbons (Fsp3) is 0.333. The molecule has 20 heavy (non-hydrogen) atoms. The maximum atomic E-state index is 11.7. The number of hydrogen-bond acceptors (Lipinski definition) is 3. The smallest absolute Gasteiger partial charge is 0.263 e. The number of rotatable bonds is 6. The molecule has 1 aromatic carbocycles. The molecule has 1 amide bonds. The number of hydrogen-bond donors (Lipinski definition) is 2. The first-order chi connectivity index (χ1) is 9.71. The average molecular weight is 273 g/mol. The van der Waals surface area contributed by atoms with Gasteiger partial charge in [-0.15, -0.1) is 0 Å². The zero-order chi connectivity index (χ0) is 14.4. The lowest BCUT2D eigenvalue weighted by atomic mass is 10.2. The summed E-state index contributed by atoms with van der Waals surface area (Å²) in [4.78, 5) is 11.7. The monoisotopic (exact) mass is 273 g/mol. The van der Waals surface area contributed by atoms with E-state index in [0.29, 0.717) is 11.6 Å². The highest BCUT2D eigenvalue weighted by Gasteiger charge is 2.06. The molecule has 1 aromatic heterocycles. The van der Waals surface area contributed by atoms with E-state index in [1.165, 1.54) is 5.56 Å². The third-order valence-electron chi connectivity index (χ3n) is 2.98. The number of carbonyl (C=O) groups is 1. The zero-order valence-corrected chi connectivity index (χ0v) is 11.8. The summed E-state index contributed by atoms with van der Waals surface area (Å²) in [5, 5.41) is 9.52. The van der Waals surface area contributed by atoms with Crippen LogP contribution in [0.15, 0.2) is 30.3 Å². The van der Waals surface area contributed by atoms with Crippen LogP contribution in [-0.2, 0) is 17.6 Å². The van der Waals surface area contributed by atoms with Crippen molar-refractivity contribution in [1.82, 2.24) is 10.2 Å². The second-order valence-electron chi connectivity index (χ2n) is 4.47. The van der Waals surface area contributed by atoms with E-state index in [-0.39, 0.29) is 12.5 Å². The molecule has 1 heterocycles. The van der Waals surface area contributed by atoms with Crippen LogP contribution in [-0.4, -0.2) is 22.7 Å². The van der Waals surface area contributed by atoms with Gasteiger partial charge in [0.25, 0.3) is 5.91 Å². The number of nitrogens with zero attached hydrogens (tertiary/aromatic N) is 1. The van der Waals surface area contributed by atoms with Gasteiger partial charge in [-0.2, -0.15) is 5.10 Å². The molecular formula is C15H19N3O2. The Morgan fingerprint density at radius 3 is 2.60 bits per heavy atom. The highest BCUT2D eigenvalue weighted by atomic mass is 16.5. The van der Waals surface area contributed by atoms with Crippen LogP contribution in [0.2, 0.25) is 0 Å². The minimum atomic E-state index is -0.223. The summed E-state index contributed by atoms with van der Waals surface area (Å²) in [7, 11) is 0. The number of aromatic nitrogens is 2. The van der Waals surface area contributed by atoms with Gasteiger partial charge in [0.2, 0.25) is 0 Å². The Morgan fingerprint density at radius 2 is 2.00 bits per heavy atom. The highest BCUT2D eigenvalue weighted by Crippen LogP contribution is 2.12. The number of aryl methyl sites for hydroxylation is 2. The molecule has 5 nitrogen and oxygen atoms in total. The standard InChI is InChI=1S/C15H19N3O2/c1-3-11-5-7-13(8-6-11)20-10-15(19)16-14-9-12(4-2)17-18-14/h5-9H,3-4,10H2,1-2H3,(H2,16,17,18,19). The van der Waals surface area contributed by atoms with E-state index in [1.54, 1.807) is 0 Å². The first-order valence-corrected chi connectivity index (χ1v) is 6.77. The predicted molar refractivity (Wildman–Crippen MR) is 77.9 cm³/mol. The van der Waals surface area contributed by atoms with Crippen molar-refractivity contribution in [2.75, 3.05) is 11.9 Å². The van der Waals surface area contributed by atoms with Crippen LogP contribution in [0.3, 0.4) is 0 Å². The fourth-order valence-electron chi connectivity index (χ4n) is 1.76. The van der Waals surface area contributed by atoms with Gasteiger partial charge in [-0.1, -0.05) is 26.0 Å². The van der Waals surface area contributed by atoms with Gasteiger partial charge in [0.15, 0.2) is 12.4 Å². The Kier molecular flexibility index (Phi) is 4.76. The van der Waals surface area contributed by atoms with Gasteiger partial charge in [-0.05, 0) is 30.5 Å². The molecule has 0 fully saturated rings. The molecule has 0 saturated heterocycles. The maximum Gasteiger partial charge on any atom is 0.263 e. The summed E-state index contributed by atoms with van der Waals surface area (Å²) in [6.45, 7) is 4.08. The first kappa shape index (κ1) is 14.1. The molecule has 0 radical (unpaired) electrons. The van der Waals surface area contributed by atoms with Gasteiger partial charge in [0.05, 0.1) is 0 Å². The summed E-state index contributed by atoms with van der Waals surface area (Å²) in [5.41, 5.74) is 2.22. The molecule has 0 bridgehead atoms. The Labute approximate surface area is 118 Å². The van der Waals surface area contributed by atoms with E-state index in [9.17, 15) is 4.79 Å². The van der Waals surface area contributed by atoms with Crippen LogP contribution < -0.4 is 10.1 Å². The molecule has 0 saturated carbocycles. The number of ether oxygens (including phenoxy) is 1. The number of amides is 1. The van der Waals surface area contributed by atoms with Crippen LogP contribution >= 0.6 is 0 Å². The van der Waals surface area contributed by atoms with Gasteiger partial charge in [-0.3, -0.25) is 9.89 Å². The SMILES string of the molecule is CCc1ccc(OCC(=O)Nc2cc(CC)[nH]n2)cc1. The van der Waals surface area contributed by atoms with E-state index < -0.39 is 0 Å². The Bertz CT molecular complexity index is 561. The Balaban J connectivity index is 1.82. The van der Waals surface area contributed by atoms with E-state index in [2.05, 4.69) is 22.4 Å². The Morgan fingerprint density at radius 1 is 1.25 bits per heavy atom. The number of anilines is 1. The molecule has 2 N–H and O–H groups in total. The second-order valence-corrected chi connectivity index (χ2v) is 4.47. The molecule has 106 valence electrons. The van der Waals surface area contributed by atoms with Crippen molar-refractivity contribution in [3.05, 3.63) is 41.6 Å². The normalized spacial score (nSPS) is 10.3. The molecular weight excluding hydrogens is 254 g/mol. The van der Waals surface area contributed by atoms with E-state index in [4.69, 9.17) is 4.74 Å². The van der Waals surface area contributed by atoms with E-state index >= 15 is 0 Å². The summed E-state index contributed by atoms with van der Waals surface area (Å²) in [6, 6.07) is 9.54. The molecule has 0 spiro atoms. The van der Waals surface area contributed by atoms with E-state index in [1.807, 2.05) is 37.3 Å². The van der Waals surface area contributed by atoms with Crippen LogP contribution in [0.5, 0.6) is 5.75 Å². The quantitative estimate of drug-likeness (QED) is 0.850. The minimum Gasteiger partial charge on any atom is -0.484 e. The number of nitrogens with one attached hydrogen (secondary N) is 2. The van der Waals surface area contributed by atoms with Crippen molar-refractivity contribution >= 4 is 11.7 Å². The first-order valence-electron chi connectivity index (χ1n) is 6.77. The number of aromatic amines is 1. The minimum absolute atomic E-state index is 0.0280. The summed E-state index contributed by atoms with van der Waals surface area (Å²) < 4.78 is 5.42. The summed E-state index contributed by atoms with van der Waals surface area (Å²) in [6.07, 6.45) is 1.84. The Hall–Kier alpha value is -2.30. The lowest BCUT2D eigenvalue weighted by molar-refractivity contribution is -0.118. The van der Waals surface area contributed by atoms with Crippen molar-refractivity contribution in [2.45, 2.75) is 26.7 Å². The number of H-pyrrole nitrogens is 1. The maximum absolute atomic E-state index is 11.7. The van der Waals surface area contributed by atoms with Crippen molar-refractivity contribution in [2.24, 2.45) is 0 Å². The van der Waals surface area contributed by atoms with Gasteiger partial charge < -0.3 is 10.1 Å². The third-order valence-corrected chi connectivity index (χ3v) is 2.98. The topological polar surface area (TPSA) is 67.0 Å². The molecule has 0 unspecified atom stereocenters. The molecule has 2 rings (SSSR count). The van der Waals surface area contributed by atoms with E-state index in [0.717, 1.165) is 18.5 Å². The predicted octanol–water partition coefficient (Wildman–Crippen LogP) is 2.55. The molecule has 0 aliphatic heterocycles. The zero-order valence-electron chi connectivity index (χ0n) is 11.8. The van der Waals surface area contributed by atoms with Crippen molar-refractivity contribution < 1.29 is 9.53 Å². The molecule has 0 atom stereocenters. The van der Waals surface area contributed by atoms with Crippen LogP contribution in [0.1, 0.15) is 25.1 Å². The molecule has 0 aliphatic carbocycles. The third kappa shape index (κ3) is 3.85. The van der Waals surface area contributed by atoms with Crippen LogP contribution in [0.4, 0.5) is 5.82 Å². The van der Waals surface area contributed by atoms with Gasteiger partial charge in [0, 0.05) is 11.8 Å².